The second-order valence-corrected chi connectivity index (χ2v) is 3.94. The summed E-state index contributed by atoms with van der Waals surface area (Å²) in [7, 11) is 0. The SMILES string of the molecule is CC(N)CCc1cncc(Br)c1. The summed E-state index contributed by atoms with van der Waals surface area (Å²) >= 11 is 3.38. The predicted octanol–water partition coefficient (Wildman–Crippen LogP) is 2.12. The lowest BCUT2D eigenvalue weighted by molar-refractivity contribution is 0.665. The van der Waals surface area contributed by atoms with Gasteiger partial charge in [0.1, 0.15) is 0 Å². The molecule has 0 aliphatic heterocycles. The Morgan fingerprint density at radius 2 is 2.33 bits per heavy atom. The lowest BCUT2D eigenvalue weighted by Gasteiger charge is -2.04. The highest BCUT2D eigenvalue weighted by atomic mass is 79.9. The van der Waals surface area contributed by atoms with Gasteiger partial charge in [-0.1, -0.05) is 0 Å². The fraction of sp³-hybridized carbons (Fsp3) is 0.444. The highest BCUT2D eigenvalue weighted by molar-refractivity contribution is 9.10. The average Bonchev–Trinajstić information content (AvgIpc) is 2.01. The Hall–Kier alpha value is -0.410. The number of hydrogen-bond acceptors (Lipinski definition) is 2. The van der Waals surface area contributed by atoms with E-state index in [9.17, 15) is 0 Å². The van der Waals surface area contributed by atoms with Crippen molar-refractivity contribution in [2.24, 2.45) is 5.73 Å². The molecule has 66 valence electrons. The summed E-state index contributed by atoms with van der Waals surface area (Å²) in [5.41, 5.74) is 6.88. The first-order valence-corrected chi connectivity index (χ1v) is 4.83. The molecule has 1 aromatic rings. The van der Waals surface area contributed by atoms with Crippen LogP contribution >= 0.6 is 15.9 Å². The molecule has 2 nitrogen and oxygen atoms in total. The Morgan fingerprint density at radius 3 is 2.92 bits per heavy atom. The lowest BCUT2D eigenvalue weighted by atomic mass is 10.1. The monoisotopic (exact) mass is 228 g/mol. The van der Waals surface area contributed by atoms with Crippen molar-refractivity contribution in [2.45, 2.75) is 25.8 Å². The first-order chi connectivity index (χ1) is 5.68. The Balaban J connectivity index is 2.52. The van der Waals surface area contributed by atoms with Gasteiger partial charge in [0.2, 0.25) is 0 Å². The molecule has 1 unspecified atom stereocenters. The number of aromatic nitrogens is 1. The highest BCUT2D eigenvalue weighted by Gasteiger charge is 1.97. The number of pyridine rings is 1. The van der Waals surface area contributed by atoms with Crippen LogP contribution < -0.4 is 5.73 Å². The second kappa shape index (κ2) is 4.58. The van der Waals surface area contributed by atoms with Crippen molar-refractivity contribution in [1.29, 1.82) is 0 Å². The van der Waals surface area contributed by atoms with Gasteiger partial charge < -0.3 is 5.73 Å². The molecule has 0 aliphatic rings. The van der Waals surface area contributed by atoms with E-state index in [1.54, 1.807) is 6.20 Å². The van der Waals surface area contributed by atoms with Crippen molar-refractivity contribution in [3.8, 4) is 0 Å². The van der Waals surface area contributed by atoms with Crippen molar-refractivity contribution < 1.29 is 0 Å². The number of nitrogens with two attached hydrogens (primary N) is 1. The predicted molar refractivity (Wildman–Crippen MR) is 53.9 cm³/mol. The van der Waals surface area contributed by atoms with Gasteiger partial charge in [-0.3, -0.25) is 4.98 Å². The van der Waals surface area contributed by atoms with Gasteiger partial charge in [0.15, 0.2) is 0 Å². The quantitative estimate of drug-likeness (QED) is 0.862. The second-order valence-electron chi connectivity index (χ2n) is 3.03. The molecule has 0 bridgehead atoms. The molecule has 0 radical (unpaired) electrons. The molecule has 0 fully saturated rings. The largest absolute Gasteiger partial charge is 0.328 e. The molecule has 1 aromatic heterocycles. The molecule has 0 spiro atoms. The lowest BCUT2D eigenvalue weighted by Crippen LogP contribution is -2.15. The number of aryl methyl sites for hydroxylation is 1. The van der Waals surface area contributed by atoms with Gasteiger partial charge in [0.05, 0.1) is 0 Å². The Bertz CT molecular complexity index is 248. The van der Waals surface area contributed by atoms with Crippen LogP contribution in [-0.4, -0.2) is 11.0 Å². The van der Waals surface area contributed by atoms with Gasteiger partial charge in [-0.25, -0.2) is 0 Å². The summed E-state index contributed by atoms with van der Waals surface area (Å²) in [5.74, 6) is 0. The van der Waals surface area contributed by atoms with Gasteiger partial charge in [0.25, 0.3) is 0 Å². The van der Waals surface area contributed by atoms with Gasteiger partial charge >= 0.3 is 0 Å². The van der Waals surface area contributed by atoms with Gasteiger partial charge in [-0.2, -0.15) is 0 Å². The summed E-state index contributed by atoms with van der Waals surface area (Å²) in [6.45, 7) is 2.02. The molecule has 1 heterocycles. The first kappa shape index (κ1) is 9.68. The van der Waals surface area contributed by atoms with E-state index in [0.717, 1.165) is 17.3 Å². The summed E-state index contributed by atoms with van der Waals surface area (Å²) in [6, 6.07) is 2.35. The zero-order chi connectivity index (χ0) is 8.97. The molecule has 2 N–H and O–H groups in total. The minimum atomic E-state index is 0.268. The molecule has 3 heteroatoms. The van der Waals surface area contributed by atoms with Crippen molar-refractivity contribution >= 4 is 15.9 Å². The van der Waals surface area contributed by atoms with Crippen LogP contribution in [0.2, 0.25) is 0 Å². The Kier molecular flexibility index (Phi) is 3.69. The highest BCUT2D eigenvalue weighted by Crippen LogP contribution is 2.11. The average molecular weight is 229 g/mol. The van der Waals surface area contributed by atoms with E-state index >= 15 is 0 Å². The van der Waals surface area contributed by atoms with E-state index in [4.69, 9.17) is 5.73 Å². The van der Waals surface area contributed by atoms with E-state index in [1.807, 2.05) is 13.1 Å². The van der Waals surface area contributed by atoms with Crippen LogP contribution in [-0.2, 0) is 6.42 Å². The van der Waals surface area contributed by atoms with Crippen LogP contribution in [0, 0.1) is 0 Å². The van der Waals surface area contributed by atoms with Crippen molar-refractivity contribution in [3.63, 3.8) is 0 Å². The van der Waals surface area contributed by atoms with Crippen molar-refractivity contribution in [1.82, 2.24) is 4.98 Å². The van der Waals surface area contributed by atoms with E-state index in [-0.39, 0.29) is 6.04 Å². The third-order valence-corrected chi connectivity index (χ3v) is 2.08. The molecule has 1 atom stereocenters. The van der Waals surface area contributed by atoms with Crippen LogP contribution in [0.25, 0.3) is 0 Å². The zero-order valence-corrected chi connectivity index (χ0v) is 8.71. The van der Waals surface area contributed by atoms with Crippen LogP contribution in [0.3, 0.4) is 0 Å². The normalized spacial score (nSPS) is 12.9. The third-order valence-electron chi connectivity index (χ3n) is 1.65. The maximum Gasteiger partial charge on any atom is 0.0410 e. The van der Waals surface area contributed by atoms with E-state index < -0.39 is 0 Å². The molecule has 0 aromatic carbocycles. The Morgan fingerprint density at radius 1 is 1.58 bits per heavy atom. The molecular weight excluding hydrogens is 216 g/mol. The van der Waals surface area contributed by atoms with Crippen LogP contribution in [0.1, 0.15) is 18.9 Å². The molecule has 0 saturated heterocycles. The summed E-state index contributed by atoms with van der Waals surface area (Å²) in [4.78, 5) is 4.07. The first-order valence-electron chi connectivity index (χ1n) is 4.03. The summed E-state index contributed by atoms with van der Waals surface area (Å²) in [5, 5.41) is 0. The third kappa shape index (κ3) is 3.32. The van der Waals surface area contributed by atoms with E-state index in [2.05, 4.69) is 27.0 Å². The molecule has 0 aliphatic carbocycles. The molecule has 0 saturated carbocycles. The van der Waals surface area contributed by atoms with E-state index in [1.165, 1.54) is 5.56 Å². The van der Waals surface area contributed by atoms with Crippen LogP contribution in [0.15, 0.2) is 22.9 Å². The van der Waals surface area contributed by atoms with Crippen molar-refractivity contribution in [3.05, 3.63) is 28.5 Å². The van der Waals surface area contributed by atoms with E-state index in [0.29, 0.717) is 0 Å². The number of hydrogen-bond donors (Lipinski definition) is 1. The smallest absolute Gasteiger partial charge is 0.0410 e. The fourth-order valence-corrected chi connectivity index (χ4v) is 1.40. The maximum absolute atomic E-state index is 5.65. The van der Waals surface area contributed by atoms with Crippen LogP contribution in [0.5, 0.6) is 0 Å². The minimum absolute atomic E-state index is 0.268. The van der Waals surface area contributed by atoms with Gasteiger partial charge in [-0.15, -0.1) is 0 Å². The van der Waals surface area contributed by atoms with Crippen LogP contribution in [0.4, 0.5) is 0 Å². The molecule has 12 heavy (non-hydrogen) atoms. The summed E-state index contributed by atoms with van der Waals surface area (Å²) in [6.07, 6.45) is 5.69. The zero-order valence-electron chi connectivity index (χ0n) is 7.13. The molecule has 1 rings (SSSR count). The standard InChI is InChI=1S/C9H13BrN2/c1-7(11)2-3-8-4-9(10)6-12-5-8/h4-7H,2-3,11H2,1H3. The number of rotatable bonds is 3. The van der Waals surface area contributed by atoms with Gasteiger partial charge in [0, 0.05) is 22.9 Å². The molecule has 0 amide bonds. The Labute approximate surface area is 81.3 Å². The fourth-order valence-electron chi connectivity index (χ4n) is 0.987. The maximum atomic E-state index is 5.65. The molecular formula is C9H13BrN2. The summed E-state index contributed by atoms with van der Waals surface area (Å²) < 4.78 is 1.03. The van der Waals surface area contributed by atoms with Gasteiger partial charge in [-0.05, 0) is 47.3 Å². The number of nitrogens with zero attached hydrogens (tertiary/aromatic N) is 1. The minimum Gasteiger partial charge on any atom is -0.328 e. The number of halogens is 1. The van der Waals surface area contributed by atoms with Crippen molar-refractivity contribution in [2.75, 3.05) is 0 Å². The topological polar surface area (TPSA) is 38.9 Å².